The molecule has 5 heteroatoms. The molecule has 110 valence electrons. The predicted octanol–water partition coefficient (Wildman–Crippen LogP) is 1.31. The molecule has 0 saturated carbocycles. The van der Waals surface area contributed by atoms with Crippen molar-refractivity contribution in [1.29, 1.82) is 0 Å². The molecule has 0 aliphatic heterocycles. The number of hydrogen-bond donors (Lipinski definition) is 3. The normalized spacial score (nSPS) is 10.7. The number of carbonyl (C=O) groups is 1. The first-order valence-corrected chi connectivity index (χ1v) is 7.25. The van der Waals surface area contributed by atoms with E-state index >= 15 is 0 Å². The van der Waals surface area contributed by atoms with Gasteiger partial charge in [-0.2, -0.15) is 0 Å². The van der Waals surface area contributed by atoms with Crippen LogP contribution < -0.4 is 10.8 Å². The zero-order valence-corrected chi connectivity index (χ0v) is 12.3. The van der Waals surface area contributed by atoms with Crippen LogP contribution >= 0.6 is 0 Å². The van der Waals surface area contributed by atoms with Gasteiger partial charge in [0.05, 0.1) is 0 Å². The summed E-state index contributed by atoms with van der Waals surface area (Å²) in [5, 5.41) is 20.8. The maximum Gasteiger partial charge on any atom is 0.488 e. The highest BCUT2D eigenvalue weighted by Gasteiger charge is 2.11. The highest BCUT2D eigenvalue weighted by molar-refractivity contribution is 6.58. The van der Waals surface area contributed by atoms with Crippen molar-refractivity contribution in [2.45, 2.75) is 39.5 Å². The molecule has 3 N–H and O–H groups in total. The van der Waals surface area contributed by atoms with Crippen LogP contribution in [0.1, 0.15) is 49.9 Å². The predicted molar refractivity (Wildman–Crippen MR) is 81.9 cm³/mol. The summed E-state index contributed by atoms with van der Waals surface area (Å²) in [6.45, 7) is 5.12. The van der Waals surface area contributed by atoms with Crippen molar-refractivity contribution in [3.63, 3.8) is 0 Å². The van der Waals surface area contributed by atoms with Crippen LogP contribution in [0.3, 0.4) is 0 Å². The van der Waals surface area contributed by atoms with Crippen LogP contribution in [0.5, 0.6) is 0 Å². The van der Waals surface area contributed by atoms with E-state index < -0.39 is 7.12 Å². The van der Waals surface area contributed by atoms with Gasteiger partial charge in [0.2, 0.25) is 0 Å². The van der Waals surface area contributed by atoms with Crippen LogP contribution in [0.25, 0.3) is 0 Å². The minimum absolute atomic E-state index is 0.118. The number of benzene rings is 1. The third kappa shape index (κ3) is 6.22. The molecule has 0 aromatic heterocycles. The van der Waals surface area contributed by atoms with Crippen molar-refractivity contribution < 1.29 is 14.8 Å². The number of rotatable bonds is 8. The molecular formula is C15H24BNO3. The van der Waals surface area contributed by atoms with Crippen LogP contribution in [-0.4, -0.2) is 29.6 Å². The van der Waals surface area contributed by atoms with Crippen molar-refractivity contribution in [2.24, 2.45) is 5.92 Å². The molecule has 1 rings (SSSR count). The molecule has 0 atom stereocenters. The van der Waals surface area contributed by atoms with Gasteiger partial charge in [0.25, 0.3) is 5.91 Å². The van der Waals surface area contributed by atoms with Crippen LogP contribution in [0.15, 0.2) is 24.3 Å². The minimum atomic E-state index is -1.49. The molecule has 1 amide bonds. The van der Waals surface area contributed by atoms with Gasteiger partial charge in [-0.15, -0.1) is 0 Å². The lowest BCUT2D eigenvalue weighted by atomic mass is 9.80. The molecule has 4 nitrogen and oxygen atoms in total. The Hall–Kier alpha value is -1.33. The van der Waals surface area contributed by atoms with E-state index in [2.05, 4.69) is 19.2 Å². The molecule has 20 heavy (non-hydrogen) atoms. The van der Waals surface area contributed by atoms with E-state index in [1.54, 1.807) is 24.3 Å². The van der Waals surface area contributed by atoms with E-state index in [-0.39, 0.29) is 5.91 Å². The number of amides is 1. The summed E-state index contributed by atoms with van der Waals surface area (Å²) in [5.41, 5.74) is 0.923. The molecule has 0 aliphatic rings. The second-order valence-electron chi connectivity index (χ2n) is 5.49. The third-order valence-corrected chi connectivity index (χ3v) is 3.21. The van der Waals surface area contributed by atoms with Gasteiger partial charge in [-0.25, -0.2) is 0 Å². The molecule has 0 heterocycles. The molecule has 1 aromatic carbocycles. The summed E-state index contributed by atoms with van der Waals surface area (Å²) in [5.74, 6) is 0.623. The Morgan fingerprint density at radius 3 is 2.35 bits per heavy atom. The molecule has 0 aliphatic carbocycles. The zero-order chi connectivity index (χ0) is 15.0. The molecule has 0 spiro atoms. The summed E-state index contributed by atoms with van der Waals surface area (Å²) in [7, 11) is -1.49. The number of nitrogens with one attached hydrogen (secondary N) is 1. The smallest absolute Gasteiger partial charge is 0.423 e. The summed E-state index contributed by atoms with van der Waals surface area (Å²) in [4.78, 5) is 11.8. The van der Waals surface area contributed by atoms with Crippen molar-refractivity contribution >= 4 is 18.5 Å². The van der Waals surface area contributed by atoms with Crippen LogP contribution in [0.4, 0.5) is 0 Å². The maximum atomic E-state index is 11.8. The van der Waals surface area contributed by atoms with Gasteiger partial charge in [0.15, 0.2) is 0 Å². The Morgan fingerprint density at radius 2 is 1.80 bits per heavy atom. The summed E-state index contributed by atoms with van der Waals surface area (Å²) < 4.78 is 0. The lowest BCUT2D eigenvalue weighted by Crippen LogP contribution is -2.30. The fraction of sp³-hybridized carbons (Fsp3) is 0.533. The van der Waals surface area contributed by atoms with Gasteiger partial charge in [-0.05, 0) is 29.9 Å². The molecule has 1 aromatic rings. The zero-order valence-electron chi connectivity index (χ0n) is 12.3. The monoisotopic (exact) mass is 277 g/mol. The van der Waals surface area contributed by atoms with Gasteiger partial charge >= 0.3 is 7.12 Å². The Labute approximate surface area is 121 Å². The molecule has 0 bridgehead atoms. The molecule has 0 radical (unpaired) electrons. The molecule has 0 unspecified atom stereocenters. The quantitative estimate of drug-likeness (QED) is 0.495. The number of unbranched alkanes of at least 4 members (excludes halogenated alkanes) is 2. The third-order valence-electron chi connectivity index (χ3n) is 3.21. The summed E-state index contributed by atoms with van der Waals surface area (Å²) in [6, 6.07) is 6.29. The van der Waals surface area contributed by atoms with Crippen molar-refractivity contribution in [1.82, 2.24) is 5.32 Å². The Bertz CT molecular complexity index is 404. The number of carbonyl (C=O) groups excluding carboxylic acids is 1. The van der Waals surface area contributed by atoms with Crippen LogP contribution in [0.2, 0.25) is 0 Å². The van der Waals surface area contributed by atoms with E-state index in [4.69, 9.17) is 10.0 Å². The Morgan fingerprint density at radius 1 is 1.15 bits per heavy atom. The van der Waals surface area contributed by atoms with E-state index in [0.29, 0.717) is 17.6 Å². The minimum Gasteiger partial charge on any atom is -0.423 e. The second-order valence-corrected chi connectivity index (χ2v) is 5.49. The Balaban J connectivity index is 2.25. The number of hydrogen-bond acceptors (Lipinski definition) is 3. The average molecular weight is 277 g/mol. The maximum absolute atomic E-state index is 11.8. The SMILES string of the molecule is CC(C)CCCCCNC(=O)c1ccc(B(O)O)cc1. The fourth-order valence-corrected chi connectivity index (χ4v) is 1.96. The van der Waals surface area contributed by atoms with Crippen molar-refractivity contribution in [3.05, 3.63) is 29.8 Å². The second kappa shape index (κ2) is 8.77. The van der Waals surface area contributed by atoms with E-state index in [9.17, 15) is 4.79 Å². The van der Waals surface area contributed by atoms with Gasteiger partial charge in [0, 0.05) is 12.1 Å². The van der Waals surface area contributed by atoms with Crippen molar-refractivity contribution in [2.75, 3.05) is 6.54 Å². The van der Waals surface area contributed by atoms with Crippen molar-refractivity contribution in [3.8, 4) is 0 Å². The first-order chi connectivity index (χ1) is 9.50. The average Bonchev–Trinajstić information content (AvgIpc) is 2.42. The molecule has 0 fully saturated rings. The topological polar surface area (TPSA) is 69.6 Å². The van der Waals surface area contributed by atoms with E-state index in [1.807, 2.05) is 0 Å². The highest BCUT2D eigenvalue weighted by atomic mass is 16.4. The van der Waals surface area contributed by atoms with Gasteiger partial charge in [0.1, 0.15) is 0 Å². The Kier molecular flexibility index (Phi) is 7.33. The van der Waals surface area contributed by atoms with E-state index in [1.165, 1.54) is 12.8 Å². The standard InChI is InChI=1S/C15H24BNO3/c1-12(2)6-4-3-5-11-17-15(18)13-7-9-14(10-8-13)16(19)20/h7-10,12,19-20H,3-6,11H2,1-2H3,(H,17,18). The molecule has 0 saturated heterocycles. The summed E-state index contributed by atoms with van der Waals surface area (Å²) in [6.07, 6.45) is 4.56. The first kappa shape index (κ1) is 16.7. The lowest BCUT2D eigenvalue weighted by molar-refractivity contribution is 0.0953. The van der Waals surface area contributed by atoms with E-state index in [0.717, 1.165) is 18.8 Å². The largest absolute Gasteiger partial charge is 0.488 e. The van der Waals surface area contributed by atoms with Gasteiger partial charge < -0.3 is 15.4 Å². The van der Waals surface area contributed by atoms with Gasteiger partial charge in [-0.1, -0.05) is 45.2 Å². The first-order valence-electron chi connectivity index (χ1n) is 7.25. The van der Waals surface area contributed by atoms with Crippen LogP contribution in [-0.2, 0) is 0 Å². The fourth-order valence-electron chi connectivity index (χ4n) is 1.96. The molecular weight excluding hydrogens is 253 g/mol. The highest BCUT2D eigenvalue weighted by Crippen LogP contribution is 2.07. The van der Waals surface area contributed by atoms with Gasteiger partial charge in [-0.3, -0.25) is 4.79 Å². The lowest BCUT2D eigenvalue weighted by Gasteiger charge is -2.07. The van der Waals surface area contributed by atoms with Crippen LogP contribution in [0, 0.1) is 5.92 Å². The summed E-state index contributed by atoms with van der Waals surface area (Å²) >= 11 is 0.